The molecular formula is C16H20N4O5. The second-order valence-corrected chi connectivity index (χ2v) is 6.18. The first kappa shape index (κ1) is 17.2. The van der Waals surface area contributed by atoms with Crippen LogP contribution < -0.4 is 16.4 Å². The number of ether oxygens (including phenoxy) is 1. The Balaban J connectivity index is 1.97. The Kier molecular flexibility index (Phi) is 4.36. The third kappa shape index (κ3) is 2.81. The van der Waals surface area contributed by atoms with Crippen molar-refractivity contribution >= 4 is 23.5 Å². The Morgan fingerprint density at radius 1 is 1.24 bits per heavy atom. The molecule has 1 aromatic carbocycles. The minimum atomic E-state index is -1.50. The first-order valence-corrected chi connectivity index (χ1v) is 7.90. The predicted octanol–water partition coefficient (Wildman–Crippen LogP) is -1.12. The predicted molar refractivity (Wildman–Crippen MR) is 87.4 cm³/mol. The fraction of sp³-hybridized carbons (Fsp3) is 0.438. The van der Waals surface area contributed by atoms with Crippen LogP contribution in [0, 0.1) is 0 Å². The van der Waals surface area contributed by atoms with Gasteiger partial charge in [-0.05, 0) is 17.7 Å². The summed E-state index contributed by atoms with van der Waals surface area (Å²) in [5.41, 5.74) is 10.6. The Labute approximate surface area is 144 Å². The number of likely N-dealkylation sites (tertiary alicyclic amines) is 1. The molecule has 0 radical (unpaired) electrons. The molecule has 2 fully saturated rings. The third-order valence-electron chi connectivity index (χ3n) is 4.70. The van der Waals surface area contributed by atoms with Gasteiger partial charge >= 0.3 is 6.03 Å². The number of nitrogens with zero attached hydrogens (tertiary/aromatic N) is 2. The van der Waals surface area contributed by atoms with E-state index in [1.165, 1.54) is 0 Å². The Morgan fingerprint density at radius 2 is 1.92 bits per heavy atom. The summed E-state index contributed by atoms with van der Waals surface area (Å²) in [4.78, 5) is 38.6. The zero-order valence-corrected chi connectivity index (χ0v) is 13.6. The van der Waals surface area contributed by atoms with Crippen molar-refractivity contribution in [1.82, 2.24) is 4.90 Å². The van der Waals surface area contributed by atoms with Crippen LogP contribution in [0.25, 0.3) is 0 Å². The van der Waals surface area contributed by atoms with Crippen LogP contribution in [0.2, 0.25) is 0 Å². The largest absolute Gasteiger partial charge is 0.391 e. The zero-order chi connectivity index (χ0) is 18.2. The van der Waals surface area contributed by atoms with Crippen LogP contribution >= 0.6 is 0 Å². The van der Waals surface area contributed by atoms with E-state index in [-0.39, 0.29) is 25.5 Å². The van der Waals surface area contributed by atoms with Gasteiger partial charge in [0.1, 0.15) is 6.61 Å². The first-order valence-electron chi connectivity index (χ1n) is 7.90. The van der Waals surface area contributed by atoms with Gasteiger partial charge in [-0.1, -0.05) is 12.1 Å². The van der Waals surface area contributed by atoms with Gasteiger partial charge in [-0.2, -0.15) is 0 Å². The summed E-state index contributed by atoms with van der Waals surface area (Å²) in [7, 11) is 0. The lowest BCUT2D eigenvalue weighted by atomic mass is 9.85. The highest BCUT2D eigenvalue weighted by Gasteiger charge is 2.53. The molecule has 0 aromatic heterocycles. The van der Waals surface area contributed by atoms with Gasteiger partial charge in [-0.3, -0.25) is 9.59 Å². The second-order valence-electron chi connectivity index (χ2n) is 6.18. The smallest absolute Gasteiger partial charge is 0.316 e. The summed E-state index contributed by atoms with van der Waals surface area (Å²) >= 11 is 0. The average molecular weight is 348 g/mol. The number of urea groups is 1. The van der Waals surface area contributed by atoms with E-state index in [1.807, 2.05) is 0 Å². The molecule has 3 rings (SSSR count). The number of aliphatic hydroxyl groups is 1. The molecule has 9 heteroatoms. The number of rotatable bonds is 3. The van der Waals surface area contributed by atoms with Crippen molar-refractivity contribution < 1.29 is 24.2 Å². The van der Waals surface area contributed by atoms with Crippen LogP contribution in [0.5, 0.6) is 0 Å². The number of benzene rings is 1. The van der Waals surface area contributed by atoms with Gasteiger partial charge in [-0.15, -0.1) is 0 Å². The van der Waals surface area contributed by atoms with Crippen LogP contribution in [-0.2, 0) is 19.9 Å². The van der Waals surface area contributed by atoms with E-state index in [0.29, 0.717) is 24.4 Å². The molecular weight excluding hydrogens is 328 g/mol. The van der Waals surface area contributed by atoms with Gasteiger partial charge < -0.3 is 31.1 Å². The minimum absolute atomic E-state index is 0.0224. The number of β-amino-alcohol motifs (C(OH)–C–C–N with tert-alkyl or cyclic N) is 1. The molecule has 0 saturated carbocycles. The van der Waals surface area contributed by atoms with Crippen molar-refractivity contribution in [2.75, 3.05) is 31.2 Å². The Morgan fingerprint density at radius 3 is 2.48 bits per heavy atom. The van der Waals surface area contributed by atoms with Gasteiger partial charge in [0.05, 0.1) is 12.7 Å². The van der Waals surface area contributed by atoms with Crippen molar-refractivity contribution in [1.29, 1.82) is 0 Å². The molecule has 2 atom stereocenters. The van der Waals surface area contributed by atoms with Crippen molar-refractivity contribution in [3.63, 3.8) is 0 Å². The summed E-state index contributed by atoms with van der Waals surface area (Å²) in [6, 6.07) is 5.76. The molecule has 4 amide bonds. The third-order valence-corrected chi connectivity index (χ3v) is 4.70. The highest BCUT2D eigenvalue weighted by molar-refractivity contribution is 5.95. The van der Waals surface area contributed by atoms with E-state index < -0.39 is 23.6 Å². The molecule has 0 spiro atoms. The van der Waals surface area contributed by atoms with Crippen molar-refractivity contribution in [3.8, 4) is 0 Å². The monoisotopic (exact) mass is 348 g/mol. The SMILES string of the molecule is NC(=O)N1C[C@@H](O)C[C@]1(C(N)=O)c1ccc(N2CCOCC2=O)cc1. The summed E-state index contributed by atoms with van der Waals surface area (Å²) in [6.45, 7) is 0.836. The molecule has 0 unspecified atom stereocenters. The number of hydrogen-bond acceptors (Lipinski definition) is 5. The maximum atomic E-state index is 12.2. The molecule has 2 aliphatic heterocycles. The second kappa shape index (κ2) is 6.34. The van der Waals surface area contributed by atoms with E-state index >= 15 is 0 Å². The molecule has 2 aliphatic rings. The van der Waals surface area contributed by atoms with Crippen molar-refractivity contribution in [3.05, 3.63) is 29.8 Å². The van der Waals surface area contributed by atoms with E-state index in [1.54, 1.807) is 29.2 Å². The van der Waals surface area contributed by atoms with Crippen molar-refractivity contribution in [2.45, 2.75) is 18.1 Å². The number of morpholine rings is 1. The number of amides is 4. The molecule has 2 heterocycles. The lowest BCUT2D eigenvalue weighted by Gasteiger charge is -2.35. The number of anilines is 1. The standard InChI is InChI=1S/C16H20N4O5/c17-14(23)16(7-12(21)8-20(16)15(18)24)10-1-3-11(4-2-10)19-5-6-25-9-13(19)22/h1-4,12,21H,5-9H2,(H2,17,23)(H2,18,24)/t12-,16+/m0/s1. The van der Waals surface area contributed by atoms with E-state index in [4.69, 9.17) is 16.2 Å². The highest BCUT2D eigenvalue weighted by atomic mass is 16.5. The molecule has 2 saturated heterocycles. The highest BCUT2D eigenvalue weighted by Crippen LogP contribution is 2.39. The van der Waals surface area contributed by atoms with E-state index in [9.17, 15) is 19.5 Å². The number of carbonyl (C=O) groups is 3. The summed E-state index contributed by atoms with van der Waals surface area (Å²) in [5, 5.41) is 9.96. The first-order chi connectivity index (χ1) is 11.9. The van der Waals surface area contributed by atoms with E-state index in [0.717, 1.165) is 4.90 Å². The maximum Gasteiger partial charge on any atom is 0.316 e. The van der Waals surface area contributed by atoms with Crippen LogP contribution in [0.1, 0.15) is 12.0 Å². The van der Waals surface area contributed by atoms with Crippen molar-refractivity contribution in [2.24, 2.45) is 11.5 Å². The molecule has 5 N–H and O–H groups in total. The molecule has 1 aromatic rings. The normalized spacial score (nSPS) is 26.8. The molecule has 9 nitrogen and oxygen atoms in total. The topological polar surface area (TPSA) is 139 Å². The lowest BCUT2D eigenvalue weighted by Crippen LogP contribution is -2.55. The fourth-order valence-corrected chi connectivity index (χ4v) is 3.52. The fourth-order valence-electron chi connectivity index (χ4n) is 3.52. The number of hydrogen-bond donors (Lipinski definition) is 3. The molecule has 25 heavy (non-hydrogen) atoms. The van der Waals surface area contributed by atoms with Crippen LogP contribution in [0.15, 0.2) is 24.3 Å². The van der Waals surface area contributed by atoms with Gasteiger partial charge in [0, 0.05) is 25.2 Å². The minimum Gasteiger partial charge on any atom is -0.391 e. The molecule has 134 valence electrons. The number of primary amides is 2. The molecule has 0 aliphatic carbocycles. The van der Waals surface area contributed by atoms with Crippen LogP contribution in [0.3, 0.4) is 0 Å². The Hall–Kier alpha value is -2.65. The average Bonchev–Trinajstić information content (AvgIpc) is 2.94. The Bertz CT molecular complexity index is 707. The number of nitrogens with two attached hydrogens (primary N) is 2. The number of aliphatic hydroxyl groups excluding tert-OH is 1. The summed E-state index contributed by atoms with van der Waals surface area (Å²) in [5.74, 6) is -0.920. The lowest BCUT2D eigenvalue weighted by molar-refractivity contribution is -0.128. The van der Waals surface area contributed by atoms with Gasteiger partial charge in [0.25, 0.3) is 5.91 Å². The molecule has 0 bridgehead atoms. The van der Waals surface area contributed by atoms with Crippen LogP contribution in [0.4, 0.5) is 10.5 Å². The maximum absolute atomic E-state index is 12.2. The summed E-state index contributed by atoms with van der Waals surface area (Å²) < 4.78 is 5.10. The van der Waals surface area contributed by atoms with Gasteiger partial charge in [0.15, 0.2) is 5.54 Å². The zero-order valence-electron chi connectivity index (χ0n) is 13.6. The quantitative estimate of drug-likeness (QED) is 0.634. The van der Waals surface area contributed by atoms with E-state index in [2.05, 4.69) is 0 Å². The van der Waals surface area contributed by atoms with Gasteiger partial charge in [0.2, 0.25) is 5.91 Å². The summed E-state index contributed by atoms with van der Waals surface area (Å²) in [6.07, 6.45) is -0.929. The van der Waals surface area contributed by atoms with Crippen LogP contribution in [-0.4, -0.2) is 60.3 Å². The van der Waals surface area contributed by atoms with Gasteiger partial charge in [-0.25, -0.2) is 4.79 Å². The number of carbonyl (C=O) groups excluding carboxylic acids is 3.